The van der Waals surface area contributed by atoms with Crippen LogP contribution in [0.2, 0.25) is 0 Å². The highest BCUT2D eigenvalue weighted by atomic mass is 32.1. The molecular weight excluding hydrogens is 292 g/mol. The standard InChI is InChI=1S/C13H18N4OS2/c1-3-9-6-18-5-4-17(9)13-10(11(14)16-20-13)12-15-8(2)7-19-12/h7,9H,3-6H2,1-2H3,(H2,14,16). The van der Waals surface area contributed by atoms with Gasteiger partial charge in [0.05, 0.1) is 24.8 Å². The summed E-state index contributed by atoms with van der Waals surface area (Å²) >= 11 is 3.09. The minimum absolute atomic E-state index is 0.392. The summed E-state index contributed by atoms with van der Waals surface area (Å²) in [6, 6.07) is 0.392. The zero-order valence-electron chi connectivity index (χ0n) is 11.6. The van der Waals surface area contributed by atoms with Crippen LogP contribution in [0, 0.1) is 6.92 Å². The van der Waals surface area contributed by atoms with E-state index in [0.717, 1.165) is 47.4 Å². The molecule has 0 amide bonds. The Labute approximate surface area is 126 Å². The van der Waals surface area contributed by atoms with E-state index in [0.29, 0.717) is 11.9 Å². The number of nitrogen functional groups attached to an aromatic ring is 1. The molecular formula is C13H18N4OS2. The van der Waals surface area contributed by atoms with Gasteiger partial charge in [-0.05, 0) is 24.9 Å². The molecule has 0 spiro atoms. The summed E-state index contributed by atoms with van der Waals surface area (Å²) in [5.74, 6) is 0.584. The van der Waals surface area contributed by atoms with Crippen molar-refractivity contribution in [2.45, 2.75) is 26.3 Å². The van der Waals surface area contributed by atoms with Crippen LogP contribution < -0.4 is 10.6 Å². The zero-order chi connectivity index (χ0) is 14.1. The number of rotatable bonds is 3. The van der Waals surface area contributed by atoms with E-state index in [1.165, 1.54) is 11.5 Å². The minimum Gasteiger partial charge on any atom is -0.382 e. The lowest BCUT2D eigenvalue weighted by molar-refractivity contribution is 0.0934. The van der Waals surface area contributed by atoms with Gasteiger partial charge in [-0.1, -0.05) is 6.92 Å². The number of nitrogens with zero attached hydrogens (tertiary/aromatic N) is 3. The fraction of sp³-hybridized carbons (Fsp3) is 0.538. The molecule has 3 heterocycles. The fourth-order valence-electron chi connectivity index (χ4n) is 2.42. The molecule has 0 radical (unpaired) electrons. The van der Waals surface area contributed by atoms with Crippen LogP contribution in [0.15, 0.2) is 5.38 Å². The quantitative estimate of drug-likeness (QED) is 0.944. The van der Waals surface area contributed by atoms with Crippen LogP contribution >= 0.6 is 22.9 Å². The number of hydrogen-bond acceptors (Lipinski definition) is 7. The highest BCUT2D eigenvalue weighted by Crippen LogP contribution is 2.42. The molecule has 2 aromatic rings. The van der Waals surface area contributed by atoms with E-state index in [2.05, 4.69) is 21.2 Å². The molecule has 20 heavy (non-hydrogen) atoms. The average molecular weight is 310 g/mol. The number of hydrogen-bond donors (Lipinski definition) is 1. The second-order valence-corrected chi connectivity index (χ2v) is 6.48. The number of ether oxygens (including phenoxy) is 1. The summed E-state index contributed by atoms with van der Waals surface area (Å²) in [7, 11) is 0. The van der Waals surface area contributed by atoms with Crippen LogP contribution in [0.1, 0.15) is 19.0 Å². The maximum absolute atomic E-state index is 6.08. The van der Waals surface area contributed by atoms with E-state index in [9.17, 15) is 0 Å². The first-order valence-corrected chi connectivity index (χ1v) is 8.38. The Morgan fingerprint density at radius 1 is 1.55 bits per heavy atom. The van der Waals surface area contributed by atoms with Gasteiger partial charge in [-0.15, -0.1) is 11.3 Å². The maximum atomic E-state index is 6.08. The summed E-state index contributed by atoms with van der Waals surface area (Å²) in [6.45, 7) is 6.59. The predicted molar refractivity (Wildman–Crippen MR) is 84.6 cm³/mol. The van der Waals surface area contributed by atoms with E-state index >= 15 is 0 Å². The Morgan fingerprint density at radius 2 is 2.40 bits per heavy atom. The molecule has 7 heteroatoms. The summed E-state index contributed by atoms with van der Waals surface area (Å²) in [6.07, 6.45) is 1.05. The molecule has 3 rings (SSSR count). The van der Waals surface area contributed by atoms with Crippen LogP contribution in [-0.2, 0) is 4.74 Å². The van der Waals surface area contributed by atoms with Crippen molar-refractivity contribution in [1.29, 1.82) is 0 Å². The Hall–Kier alpha value is -1.18. The molecule has 2 N–H and O–H groups in total. The second-order valence-electron chi connectivity index (χ2n) is 4.87. The molecule has 1 saturated heterocycles. The molecule has 1 fully saturated rings. The average Bonchev–Trinajstić information content (AvgIpc) is 3.04. The van der Waals surface area contributed by atoms with Gasteiger partial charge in [0.25, 0.3) is 0 Å². The monoisotopic (exact) mass is 310 g/mol. The zero-order valence-corrected chi connectivity index (χ0v) is 13.3. The molecule has 1 unspecified atom stereocenters. The molecule has 5 nitrogen and oxygen atoms in total. The van der Waals surface area contributed by atoms with Gasteiger partial charge in [-0.2, -0.15) is 4.37 Å². The van der Waals surface area contributed by atoms with Crippen molar-refractivity contribution >= 4 is 33.7 Å². The van der Waals surface area contributed by atoms with Crippen molar-refractivity contribution in [3.8, 4) is 10.6 Å². The number of aromatic nitrogens is 2. The first-order chi connectivity index (χ1) is 9.70. The lowest BCUT2D eigenvalue weighted by Crippen LogP contribution is -2.45. The molecule has 1 aliphatic rings. The van der Waals surface area contributed by atoms with Crippen LogP contribution in [0.25, 0.3) is 10.6 Å². The molecule has 2 aromatic heterocycles. The lowest BCUT2D eigenvalue weighted by Gasteiger charge is -2.36. The summed E-state index contributed by atoms with van der Waals surface area (Å²) in [5, 5.41) is 4.14. The molecule has 108 valence electrons. The van der Waals surface area contributed by atoms with Crippen molar-refractivity contribution < 1.29 is 4.74 Å². The van der Waals surface area contributed by atoms with Crippen molar-refractivity contribution in [2.24, 2.45) is 0 Å². The van der Waals surface area contributed by atoms with E-state index in [4.69, 9.17) is 10.5 Å². The highest BCUT2D eigenvalue weighted by Gasteiger charge is 2.28. The number of nitrogens with two attached hydrogens (primary N) is 1. The smallest absolute Gasteiger partial charge is 0.149 e. The van der Waals surface area contributed by atoms with Crippen LogP contribution in [0.3, 0.4) is 0 Å². The summed E-state index contributed by atoms with van der Waals surface area (Å²) < 4.78 is 9.93. The van der Waals surface area contributed by atoms with Crippen LogP contribution in [0.4, 0.5) is 10.8 Å². The molecule has 0 bridgehead atoms. The molecule has 1 atom stereocenters. The highest BCUT2D eigenvalue weighted by molar-refractivity contribution is 7.15. The van der Waals surface area contributed by atoms with E-state index in [-0.39, 0.29) is 0 Å². The van der Waals surface area contributed by atoms with E-state index in [1.54, 1.807) is 11.3 Å². The molecule has 1 aliphatic heterocycles. The minimum atomic E-state index is 0.392. The number of aryl methyl sites for hydroxylation is 1. The van der Waals surface area contributed by atoms with Crippen LogP contribution in [0.5, 0.6) is 0 Å². The van der Waals surface area contributed by atoms with Crippen molar-refractivity contribution in [1.82, 2.24) is 9.36 Å². The lowest BCUT2D eigenvalue weighted by atomic mass is 10.1. The Kier molecular flexibility index (Phi) is 3.91. The number of thiazole rings is 1. The Bertz CT molecular complexity index is 595. The van der Waals surface area contributed by atoms with Gasteiger partial charge < -0.3 is 15.4 Å². The third-order valence-electron chi connectivity index (χ3n) is 3.49. The molecule has 0 aliphatic carbocycles. The second kappa shape index (κ2) is 5.67. The topological polar surface area (TPSA) is 64.3 Å². The first kappa shape index (κ1) is 13.8. The maximum Gasteiger partial charge on any atom is 0.149 e. The van der Waals surface area contributed by atoms with E-state index < -0.39 is 0 Å². The van der Waals surface area contributed by atoms with Gasteiger partial charge >= 0.3 is 0 Å². The molecule has 0 saturated carbocycles. The predicted octanol–water partition coefficient (Wildman–Crippen LogP) is 2.77. The summed E-state index contributed by atoms with van der Waals surface area (Å²) in [4.78, 5) is 6.95. The number of morpholine rings is 1. The van der Waals surface area contributed by atoms with Gasteiger partial charge in [-0.3, -0.25) is 0 Å². The Balaban J connectivity index is 2.01. The van der Waals surface area contributed by atoms with Gasteiger partial charge in [0.15, 0.2) is 0 Å². The summed E-state index contributed by atoms with van der Waals surface area (Å²) in [5.41, 5.74) is 8.10. The molecule has 0 aromatic carbocycles. The van der Waals surface area contributed by atoms with Crippen molar-refractivity contribution in [2.75, 3.05) is 30.4 Å². The van der Waals surface area contributed by atoms with Gasteiger partial charge in [0.2, 0.25) is 0 Å². The largest absolute Gasteiger partial charge is 0.382 e. The third-order valence-corrected chi connectivity index (χ3v) is 5.37. The van der Waals surface area contributed by atoms with Crippen molar-refractivity contribution in [3.63, 3.8) is 0 Å². The Morgan fingerprint density at radius 3 is 3.10 bits per heavy atom. The SMILES string of the molecule is CCC1COCCN1c1snc(N)c1-c1nc(C)cs1. The number of anilines is 2. The third kappa shape index (κ3) is 2.41. The van der Waals surface area contributed by atoms with Gasteiger partial charge in [-0.25, -0.2) is 4.98 Å². The van der Waals surface area contributed by atoms with Crippen molar-refractivity contribution in [3.05, 3.63) is 11.1 Å². The first-order valence-electron chi connectivity index (χ1n) is 6.72. The normalized spacial score (nSPS) is 19.5. The van der Waals surface area contributed by atoms with Gasteiger partial charge in [0.1, 0.15) is 15.8 Å². The van der Waals surface area contributed by atoms with Crippen LogP contribution in [-0.4, -0.2) is 35.2 Å². The van der Waals surface area contributed by atoms with E-state index in [1.807, 2.05) is 12.3 Å². The van der Waals surface area contributed by atoms with Gasteiger partial charge in [0, 0.05) is 17.6 Å². The fourth-order valence-corrected chi connectivity index (χ4v) is 4.25.